The minimum atomic E-state index is 0.372. The number of oxime groups is 1. The Morgan fingerprint density at radius 1 is 1.50 bits per heavy atom. The van der Waals surface area contributed by atoms with Gasteiger partial charge in [-0.25, -0.2) is 0 Å². The van der Waals surface area contributed by atoms with Gasteiger partial charge in [-0.1, -0.05) is 5.16 Å². The van der Waals surface area contributed by atoms with Crippen LogP contribution in [0.2, 0.25) is 0 Å². The second kappa shape index (κ2) is 3.44. The third-order valence-corrected chi connectivity index (χ3v) is 2.65. The fourth-order valence-corrected chi connectivity index (χ4v) is 1.98. The normalized spacial score (nSPS) is 18.9. The molecule has 4 heteroatoms. The van der Waals surface area contributed by atoms with Crippen LogP contribution in [0.1, 0.15) is 44.0 Å². The van der Waals surface area contributed by atoms with Crippen molar-refractivity contribution in [2.75, 3.05) is 0 Å². The van der Waals surface area contributed by atoms with Gasteiger partial charge in [-0.3, -0.25) is 4.68 Å². The molecule has 0 aliphatic heterocycles. The van der Waals surface area contributed by atoms with Gasteiger partial charge in [0.05, 0.1) is 11.9 Å². The maximum absolute atomic E-state index is 8.84. The summed E-state index contributed by atoms with van der Waals surface area (Å²) >= 11 is 0. The second-order valence-electron chi connectivity index (χ2n) is 3.94. The Labute approximate surface area is 83.2 Å². The molecule has 0 spiro atoms. The molecule has 0 radical (unpaired) electrons. The van der Waals surface area contributed by atoms with Crippen molar-refractivity contribution in [3.8, 4) is 0 Å². The minimum Gasteiger partial charge on any atom is -0.411 e. The van der Waals surface area contributed by atoms with Crippen LogP contribution in [-0.2, 0) is 6.42 Å². The van der Waals surface area contributed by atoms with Crippen LogP contribution in [0, 0.1) is 0 Å². The predicted octanol–water partition coefficient (Wildman–Crippen LogP) is 1.98. The van der Waals surface area contributed by atoms with E-state index < -0.39 is 0 Å². The van der Waals surface area contributed by atoms with Crippen molar-refractivity contribution in [1.29, 1.82) is 0 Å². The smallest absolute Gasteiger partial charge is 0.0902 e. The van der Waals surface area contributed by atoms with Crippen LogP contribution in [0.3, 0.4) is 0 Å². The van der Waals surface area contributed by atoms with Crippen LogP contribution in [0.25, 0.3) is 0 Å². The summed E-state index contributed by atoms with van der Waals surface area (Å²) in [5.41, 5.74) is 3.00. The topological polar surface area (TPSA) is 50.4 Å². The quantitative estimate of drug-likeness (QED) is 0.547. The molecule has 0 amide bonds. The first-order valence-electron chi connectivity index (χ1n) is 5.01. The van der Waals surface area contributed by atoms with Gasteiger partial charge in [0.1, 0.15) is 0 Å². The number of hydrogen-bond donors (Lipinski definition) is 1. The average Bonchev–Trinajstić information content (AvgIpc) is 2.60. The lowest BCUT2D eigenvalue weighted by atomic mass is 9.96. The van der Waals surface area contributed by atoms with Crippen molar-refractivity contribution < 1.29 is 5.21 Å². The van der Waals surface area contributed by atoms with Gasteiger partial charge < -0.3 is 5.21 Å². The van der Waals surface area contributed by atoms with Crippen molar-refractivity contribution in [3.05, 3.63) is 17.5 Å². The van der Waals surface area contributed by atoms with E-state index in [2.05, 4.69) is 24.1 Å². The number of nitrogens with zero attached hydrogens (tertiary/aromatic N) is 3. The van der Waals surface area contributed by atoms with E-state index in [9.17, 15) is 0 Å². The summed E-state index contributed by atoms with van der Waals surface area (Å²) in [5, 5.41) is 16.5. The molecule has 0 saturated carbocycles. The summed E-state index contributed by atoms with van der Waals surface area (Å²) < 4.78 is 2.01. The van der Waals surface area contributed by atoms with Gasteiger partial charge in [-0.05, 0) is 33.1 Å². The zero-order valence-corrected chi connectivity index (χ0v) is 8.56. The largest absolute Gasteiger partial charge is 0.411 e. The number of aromatic nitrogens is 2. The molecule has 1 aromatic rings. The highest BCUT2D eigenvalue weighted by Gasteiger charge is 2.21. The van der Waals surface area contributed by atoms with Crippen LogP contribution in [-0.4, -0.2) is 20.7 Å². The third-order valence-electron chi connectivity index (χ3n) is 2.65. The Balaban J connectivity index is 2.48. The van der Waals surface area contributed by atoms with E-state index in [-0.39, 0.29) is 0 Å². The SMILES string of the molecule is CC(C)n1ncc2c1CCCC2=NO. The monoisotopic (exact) mass is 193 g/mol. The zero-order valence-electron chi connectivity index (χ0n) is 8.56. The molecule has 1 heterocycles. The fourth-order valence-electron chi connectivity index (χ4n) is 1.98. The molecular formula is C10H15N3O. The summed E-state index contributed by atoms with van der Waals surface area (Å²) in [4.78, 5) is 0. The first-order chi connectivity index (χ1) is 6.74. The Kier molecular flexibility index (Phi) is 2.27. The molecule has 0 aromatic carbocycles. The predicted molar refractivity (Wildman–Crippen MR) is 53.9 cm³/mol. The molecule has 1 N–H and O–H groups in total. The molecule has 0 saturated heterocycles. The van der Waals surface area contributed by atoms with Gasteiger partial charge in [0.2, 0.25) is 0 Å². The van der Waals surface area contributed by atoms with Crippen molar-refractivity contribution in [2.45, 2.75) is 39.2 Å². The van der Waals surface area contributed by atoms with Crippen LogP contribution in [0.5, 0.6) is 0 Å². The van der Waals surface area contributed by atoms with E-state index in [1.807, 2.05) is 10.9 Å². The van der Waals surface area contributed by atoms with E-state index in [1.54, 1.807) is 0 Å². The van der Waals surface area contributed by atoms with Crippen LogP contribution in [0.15, 0.2) is 11.4 Å². The first-order valence-corrected chi connectivity index (χ1v) is 5.01. The molecule has 0 fully saturated rings. The Bertz CT molecular complexity index is 365. The van der Waals surface area contributed by atoms with E-state index >= 15 is 0 Å². The molecule has 4 nitrogen and oxygen atoms in total. The highest BCUT2D eigenvalue weighted by molar-refractivity contribution is 6.01. The molecule has 0 unspecified atom stereocenters. The average molecular weight is 193 g/mol. The molecule has 2 rings (SSSR count). The molecule has 14 heavy (non-hydrogen) atoms. The lowest BCUT2D eigenvalue weighted by Gasteiger charge is -2.16. The van der Waals surface area contributed by atoms with Gasteiger partial charge in [0.15, 0.2) is 0 Å². The lowest BCUT2D eigenvalue weighted by Crippen LogP contribution is -2.15. The summed E-state index contributed by atoms with van der Waals surface area (Å²) in [6.45, 7) is 4.22. The molecule has 0 atom stereocenters. The van der Waals surface area contributed by atoms with E-state index in [4.69, 9.17) is 5.21 Å². The summed E-state index contributed by atoms with van der Waals surface area (Å²) in [7, 11) is 0. The van der Waals surface area contributed by atoms with E-state index in [0.29, 0.717) is 6.04 Å². The van der Waals surface area contributed by atoms with Crippen LogP contribution >= 0.6 is 0 Å². The zero-order chi connectivity index (χ0) is 10.1. The lowest BCUT2D eigenvalue weighted by molar-refractivity contribution is 0.317. The maximum Gasteiger partial charge on any atom is 0.0902 e. The fraction of sp³-hybridized carbons (Fsp3) is 0.600. The first kappa shape index (κ1) is 9.24. The molecule has 1 aromatic heterocycles. The van der Waals surface area contributed by atoms with Crippen LogP contribution < -0.4 is 0 Å². The van der Waals surface area contributed by atoms with Gasteiger partial charge in [0, 0.05) is 17.3 Å². The van der Waals surface area contributed by atoms with Crippen LogP contribution in [0.4, 0.5) is 0 Å². The van der Waals surface area contributed by atoms with E-state index in [1.165, 1.54) is 5.69 Å². The van der Waals surface area contributed by atoms with Gasteiger partial charge in [-0.2, -0.15) is 5.10 Å². The van der Waals surface area contributed by atoms with Crippen molar-refractivity contribution in [2.24, 2.45) is 5.16 Å². The second-order valence-corrected chi connectivity index (χ2v) is 3.94. The molecule has 0 bridgehead atoms. The molecule has 76 valence electrons. The Morgan fingerprint density at radius 3 is 2.93 bits per heavy atom. The highest BCUT2D eigenvalue weighted by Crippen LogP contribution is 2.23. The van der Waals surface area contributed by atoms with Crippen molar-refractivity contribution >= 4 is 5.71 Å². The summed E-state index contributed by atoms with van der Waals surface area (Å²) in [6, 6.07) is 0.372. The van der Waals surface area contributed by atoms with Crippen molar-refractivity contribution in [1.82, 2.24) is 9.78 Å². The van der Waals surface area contributed by atoms with Gasteiger partial charge in [0.25, 0.3) is 0 Å². The number of hydrogen-bond acceptors (Lipinski definition) is 3. The Morgan fingerprint density at radius 2 is 2.29 bits per heavy atom. The van der Waals surface area contributed by atoms with E-state index in [0.717, 1.165) is 30.5 Å². The molecular weight excluding hydrogens is 178 g/mol. The molecule has 1 aliphatic rings. The number of rotatable bonds is 1. The molecule has 1 aliphatic carbocycles. The number of fused-ring (bicyclic) bond motifs is 1. The maximum atomic E-state index is 8.84. The van der Waals surface area contributed by atoms with Gasteiger partial charge >= 0.3 is 0 Å². The summed E-state index contributed by atoms with van der Waals surface area (Å²) in [5.74, 6) is 0. The third kappa shape index (κ3) is 1.31. The van der Waals surface area contributed by atoms with Crippen molar-refractivity contribution in [3.63, 3.8) is 0 Å². The highest BCUT2D eigenvalue weighted by atomic mass is 16.4. The Hall–Kier alpha value is -1.32. The summed E-state index contributed by atoms with van der Waals surface area (Å²) in [6.07, 6.45) is 4.74. The van der Waals surface area contributed by atoms with Gasteiger partial charge in [-0.15, -0.1) is 0 Å². The minimum absolute atomic E-state index is 0.372. The standard InChI is InChI=1S/C10H15N3O/c1-7(2)13-10-5-3-4-9(12-14)8(10)6-11-13/h6-7,14H,3-5H2,1-2H3.